The number of amides is 1. The number of hydrogen-bond acceptors (Lipinski definition) is 3. The van der Waals surface area contributed by atoms with Gasteiger partial charge in [0.2, 0.25) is 0 Å². The molecule has 0 fully saturated rings. The Morgan fingerprint density at radius 1 is 1.35 bits per heavy atom. The molecule has 0 aliphatic rings. The van der Waals surface area contributed by atoms with Gasteiger partial charge in [-0.3, -0.25) is 4.79 Å². The molecule has 0 saturated carbocycles. The lowest BCUT2D eigenvalue weighted by atomic mass is 10.2. The molecule has 0 radical (unpaired) electrons. The van der Waals surface area contributed by atoms with Crippen LogP contribution in [0.5, 0.6) is 5.75 Å². The summed E-state index contributed by atoms with van der Waals surface area (Å²) in [5.41, 5.74) is 3.71. The Morgan fingerprint density at radius 3 is 2.87 bits per heavy atom. The van der Waals surface area contributed by atoms with Crippen molar-refractivity contribution in [2.45, 2.75) is 13.3 Å². The van der Waals surface area contributed by atoms with Crippen molar-refractivity contribution in [3.8, 4) is 5.75 Å². The first-order chi connectivity index (χ1) is 11.1. The minimum Gasteiger partial charge on any atom is -0.493 e. The van der Waals surface area contributed by atoms with Crippen LogP contribution in [0.15, 0.2) is 52.0 Å². The summed E-state index contributed by atoms with van der Waals surface area (Å²) in [6, 6.07) is 12.4. The zero-order valence-electron chi connectivity index (χ0n) is 12.6. The van der Waals surface area contributed by atoms with E-state index in [4.69, 9.17) is 16.3 Å². The molecule has 1 N–H and O–H groups in total. The molecule has 0 bridgehead atoms. The molecule has 1 amide bonds. The molecule has 0 spiro atoms. The number of carbonyl (C=O) groups excluding carboxylic acids is 1. The smallest absolute Gasteiger partial charge is 0.272 e. The van der Waals surface area contributed by atoms with E-state index in [1.165, 1.54) is 6.21 Å². The lowest BCUT2D eigenvalue weighted by Crippen LogP contribution is -2.18. The van der Waals surface area contributed by atoms with Crippen LogP contribution in [0.25, 0.3) is 0 Å². The number of nitrogens with one attached hydrogen (secondary N) is 1. The fraction of sp³-hybridized carbons (Fsp3) is 0.176. The van der Waals surface area contributed by atoms with E-state index in [9.17, 15) is 4.79 Å². The Bertz CT molecular complexity index is 719. The molecular weight excluding hydrogens is 380 g/mol. The van der Waals surface area contributed by atoms with Crippen molar-refractivity contribution in [2.24, 2.45) is 5.10 Å². The van der Waals surface area contributed by atoms with E-state index < -0.39 is 0 Å². The maximum absolute atomic E-state index is 12.1. The lowest BCUT2D eigenvalue weighted by molar-refractivity contribution is 0.0954. The van der Waals surface area contributed by atoms with Crippen molar-refractivity contribution in [3.63, 3.8) is 0 Å². The fourth-order valence-electron chi connectivity index (χ4n) is 1.83. The maximum atomic E-state index is 12.1. The van der Waals surface area contributed by atoms with Gasteiger partial charge < -0.3 is 4.74 Å². The highest BCUT2D eigenvalue weighted by Crippen LogP contribution is 2.21. The predicted molar refractivity (Wildman–Crippen MR) is 96.4 cm³/mol. The van der Waals surface area contributed by atoms with Crippen LogP contribution in [0.4, 0.5) is 0 Å². The van der Waals surface area contributed by atoms with Crippen molar-refractivity contribution in [1.82, 2.24) is 5.43 Å². The molecule has 0 saturated heterocycles. The van der Waals surface area contributed by atoms with Gasteiger partial charge in [0.05, 0.1) is 18.4 Å². The van der Waals surface area contributed by atoms with Gasteiger partial charge in [0.15, 0.2) is 0 Å². The number of benzene rings is 2. The van der Waals surface area contributed by atoms with Crippen LogP contribution in [0.1, 0.15) is 29.3 Å². The summed E-state index contributed by atoms with van der Waals surface area (Å²) in [5.74, 6) is 0.377. The molecule has 6 heteroatoms. The molecule has 23 heavy (non-hydrogen) atoms. The van der Waals surface area contributed by atoms with E-state index in [1.807, 2.05) is 13.0 Å². The molecule has 2 aromatic rings. The first-order valence-electron chi connectivity index (χ1n) is 7.12. The highest BCUT2D eigenvalue weighted by molar-refractivity contribution is 9.10. The third-order valence-electron chi connectivity index (χ3n) is 2.92. The van der Waals surface area contributed by atoms with Crippen LogP contribution in [0, 0.1) is 0 Å². The monoisotopic (exact) mass is 394 g/mol. The second-order valence-electron chi connectivity index (χ2n) is 4.71. The van der Waals surface area contributed by atoms with E-state index in [0.717, 1.165) is 6.42 Å². The maximum Gasteiger partial charge on any atom is 0.272 e. The molecule has 0 heterocycles. The van der Waals surface area contributed by atoms with Gasteiger partial charge in [-0.1, -0.05) is 30.7 Å². The summed E-state index contributed by atoms with van der Waals surface area (Å²) in [6.07, 6.45) is 2.42. The summed E-state index contributed by atoms with van der Waals surface area (Å²) in [6.45, 7) is 2.63. The second-order valence-corrected chi connectivity index (χ2v) is 6.00. The number of halogens is 2. The van der Waals surface area contributed by atoms with Gasteiger partial charge in [-0.25, -0.2) is 5.43 Å². The van der Waals surface area contributed by atoms with Crippen LogP contribution < -0.4 is 10.2 Å². The first kappa shape index (κ1) is 17.5. The molecule has 0 atom stereocenters. The normalized spacial score (nSPS) is 10.7. The molecule has 0 unspecified atom stereocenters. The van der Waals surface area contributed by atoms with Gasteiger partial charge in [-0.2, -0.15) is 5.10 Å². The van der Waals surface area contributed by atoms with E-state index >= 15 is 0 Å². The quantitative estimate of drug-likeness (QED) is 0.571. The third-order valence-corrected chi connectivity index (χ3v) is 3.85. The molecule has 2 rings (SSSR count). The van der Waals surface area contributed by atoms with Crippen molar-refractivity contribution >= 4 is 39.7 Å². The summed E-state index contributed by atoms with van der Waals surface area (Å²) < 4.78 is 6.34. The van der Waals surface area contributed by atoms with Gasteiger partial charge in [-0.05, 0) is 52.7 Å². The van der Waals surface area contributed by atoms with Crippen LogP contribution in [-0.2, 0) is 0 Å². The molecule has 0 aromatic heterocycles. The number of hydrazone groups is 1. The van der Waals surface area contributed by atoms with Gasteiger partial charge in [0, 0.05) is 15.1 Å². The van der Waals surface area contributed by atoms with E-state index in [2.05, 4.69) is 26.5 Å². The first-order valence-corrected chi connectivity index (χ1v) is 8.29. The molecule has 0 aliphatic heterocycles. The largest absolute Gasteiger partial charge is 0.493 e. The highest BCUT2D eigenvalue weighted by atomic mass is 79.9. The Hall–Kier alpha value is -1.85. The number of rotatable bonds is 6. The fourth-order valence-corrected chi connectivity index (χ4v) is 2.48. The number of nitrogens with zero attached hydrogens (tertiary/aromatic N) is 1. The van der Waals surface area contributed by atoms with E-state index in [0.29, 0.717) is 33.0 Å². The number of carbonyl (C=O) groups is 1. The SMILES string of the molecule is CCCOc1ccc(Cl)cc1/C=N\NC(=O)c1ccccc1Br. The van der Waals surface area contributed by atoms with Crippen LogP contribution in [-0.4, -0.2) is 18.7 Å². The van der Waals surface area contributed by atoms with Gasteiger partial charge in [0.1, 0.15) is 5.75 Å². The van der Waals surface area contributed by atoms with Crippen molar-refractivity contribution in [3.05, 3.63) is 63.1 Å². The van der Waals surface area contributed by atoms with Crippen LogP contribution in [0.2, 0.25) is 5.02 Å². The lowest BCUT2D eigenvalue weighted by Gasteiger charge is -2.08. The number of hydrogen-bond donors (Lipinski definition) is 1. The summed E-state index contributed by atoms with van der Waals surface area (Å²) in [4.78, 5) is 12.1. The van der Waals surface area contributed by atoms with Gasteiger partial charge in [-0.15, -0.1) is 0 Å². The minimum absolute atomic E-state index is 0.299. The van der Waals surface area contributed by atoms with Crippen LogP contribution in [0.3, 0.4) is 0 Å². The predicted octanol–water partition coefficient (Wildman–Crippen LogP) is 4.66. The summed E-state index contributed by atoms with van der Waals surface area (Å²) in [7, 11) is 0. The Labute approximate surface area is 148 Å². The standard InChI is InChI=1S/C17H16BrClN2O2/c1-2-9-23-16-8-7-13(19)10-12(16)11-20-21-17(22)14-5-3-4-6-15(14)18/h3-8,10-11H,2,9H2,1H3,(H,21,22)/b20-11-. The zero-order chi connectivity index (χ0) is 16.7. The van der Waals surface area contributed by atoms with Gasteiger partial charge >= 0.3 is 0 Å². The molecule has 120 valence electrons. The minimum atomic E-state index is -0.299. The van der Waals surface area contributed by atoms with Crippen molar-refractivity contribution in [1.29, 1.82) is 0 Å². The van der Waals surface area contributed by atoms with Crippen molar-refractivity contribution in [2.75, 3.05) is 6.61 Å². The molecule has 0 aliphatic carbocycles. The van der Waals surface area contributed by atoms with Crippen LogP contribution >= 0.6 is 27.5 Å². The molecular formula is C17H16BrClN2O2. The zero-order valence-corrected chi connectivity index (χ0v) is 14.9. The topological polar surface area (TPSA) is 50.7 Å². The Kier molecular flexibility index (Phi) is 6.62. The molecule has 4 nitrogen and oxygen atoms in total. The number of ether oxygens (including phenoxy) is 1. The average molecular weight is 396 g/mol. The Balaban J connectivity index is 2.09. The summed E-state index contributed by atoms with van der Waals surface area (Å²) >= 11 is 9.33. The Morgan fingerprint density at radius 2 is 2.13 bits per heavy atom. The van der Waals surface area contributed by atoms with E-state index in [1.54, 1.807) is 36.4 Å². The highest BCUT2D eigenvalue weighted by Gasteiger charge is 2.08. The molecule has 2 aromatic carbocycles. The average Bonchev–Trinajstić information content (AvgIpc) is 2.54. The summed E-state index contributed by atoms with van der Waals surface area (Å²) in [5, 5.41) is 4.56. The third kappa shape index (κ3) is 5.08. The van der Waals surface area contributed by atoms with Gasteiger partial charge in [0.25, 0.3) is 5.91 Å². The van der Waals surface area contributed by atoms with E-state index in [-0.39, 0.29) is 5.91 Å². The second kappa shape index (κ2) is 8.70. The van der Waals surface area contributed by atoms with Crippen molar-refractivity contribution < 1.29 is 9.53 Å².